The van der Waals surface area contributed by atoms with Crippen molar-refractivity contribution in [2.24, 2.45) is 29.6 Å². The van der Waals surface area contributed by atoms with E-state index >= 15 is 0 Å². The standard InChI is InChI=1S/C30H53NS/c1-22-5-15-27(16-6-22)31(28-17-7-23(2)8-18-28)29-19-13-25(14-20-29)24-9-11-26(12-10-24)30-4-3-21-32-30/h22-30H,3-21H2,1-2H3. The van der Waals surface area contributed by atoms with Crippen LogP contribution >= 0.6 is 11.8 Å². The highest BCUT2D eigenvalue weighted by atomic mass is 32.2. The number of rotatable bonds is 5. The molecule has 4 aliphatic carbocycles. The molecule has 0 radical (unpaired) electrons. The fourth-order valence-electron chi connectivity index (χ4n) is 8.81. The van der Waals surface area contributed by atoms with E-state index in [4.69, 9.17) is 0 Å². The second-order valence-electron chi connectivity index (χ2n) is 13.1. The molecule has 5 rings (SSSR count). The van der Waals surface area contributed by atoms with Crippen LogP contribution in [0, 0.1) is 29.6 Å². The van der Waals surface area contributed by atoms with E-state index in [0.29, 0.717) is 0 Å². The van der Waals surface area contributed by atoms with Crippen molar-refractivity contribution in [1.82, 2.24) is 4.90 Å². The van der Waals surface area contributed by atoms with Gasteiger partial charge in [0.25, 0.3) is 0 Å². The quantitative estimate of drug-likeness (QED) is 0.404. The van der Waals surface area contributed by atoms with Gasteiger partial charge in [0.1, 0.15) is 0 Å². The monoisotopic (exact) mass is 459 g/mol. The first kappa shape index (κ1) is 24.0. The molecular formula is C30H53NS. The molecule has 0 aromatic carbocycles. The second-order valence-corrected chi connectivity index (χ2v) is 14.4. The van der Waals surface area contributed by atoms with E-state index in [1.165, 1.54) is 82.8 Å². The predicted octanol–water partition coefficient (Wildman–Crippen LogP) is 8.71. The molecule has 4 saturated carbocycles. The highest BCUT2D eigenvalue weighted by molar-refractivity contribution is 8.00. The topological polar surface area (TPSA) is 3.24 Å². The first-order valence-electron chi connectivity index (χ1n) is 15.1. The molecule has 0 N–H and O–H groups in total. The maximum Gasteiger partial charge on any atom is 0.0101 e. The highest BCUT2D eigenvalue weighted by Crippen LogP contribution is 2.46. The third kappa shape index (κ3) is 5.75. The molecule has 1 heterocycles. The summed E-state index contributed by atoms with van der Waals surface area (Å²) in [5, 5.41) is 1.04. The largest absolute Gasteiger partial charge is 0.294 e. The van der Waals surface area contributed by atoms with Gasteiger partial charge in [-0.05, 0) is 151 Å². The lowest BCUT2D eigenvalue weighted by Crippen LogP contribution is -2.52. The molecule has 1 saturated heterocycles. The number of hydrogen-bond donors (Lipinski definition) is 0. The summed E-state index contributed by atoms with van der Waals surface area (Å²) < 4.78 is 0. The average molecular weight is 460 g/mol. The van der Waals surface area contributed by atoms with Gasteiger partial charge < -0.3 is 0 Å². The van der Waals surface area contributed by atoms with E-state index in [9.17, 15) is 0 Å². The summed E-state index contributed by atoms with van der Waals surface area (Å²) in [7, 11) is 0. The molecule has 1 unspecified atom stereocenters. The van der Waals surface area contributed by atoms with Crippen LogP contribution in [0.5, 0.6) is 0 Å². The van der Waals surface area contributed by atoms with Gasteiger partial charge in [-0.15, -0.1) is 0 Å². The lowest BCUT2D eigenvalue weighted by atomic mass is 9.69. The summed E-state index contributed by atoms with van der Waals surface area (Å²) in [6.45, 7) is 4.99. The van der Waals surface area contributed by atoms with Crippen LogP contribution < -0.4 is 0 Å². The van der Waals surface area contributed by atoms with Crippen LogP contribution in [-0.2, 0) is 0 Å². The molecule has 1 nitrogen and oxygen atoms in total. The lowest BCUT2D eigenvalue weighted by molar-refractivity contribution is -0.000513. The Morgan fingerprint density at radius 2 is 0.875 bits per heavy atom. The van der Waals surface area contributed by atoms with Crippen LogP contribution in [-0.4, -0.2) is 34.0 Å². The van der Waals surface area contributed by atoms with E-state index in [2.05, 4.69) is 30.5 Å². The van der Waals surface area contributed by atoms with Gasteiger partial charge in [-0.3, -0.25) is 4.90 Å². The minimum Gasteiger partial charge on any atom is -0.294 e. The van der Waals surface area contributed by atoms with Gasteiger partial charge in [0.05, 0.1) is 0 Å². The van der Waals surface area contributed by atoms with E-state index in [-0.39, 0.29) is 0 Å². The minimum absolute atomic E-state index is 0.922. The van der Waals surface area contributed by atoms with Gasteiger partial charge in [0.15, 0.2) is 0 Å². The van der Waals surface area contributed by atoms with E-state index in [0.717, 1.165) is 53.0 Å². The number of nitrogens with zero attached hydrogens (tertiary/aromatic N) is 1. The van der Waals surface area contributed by atoms with Crippen LogP contribution in [0.25, 0.3) is 0 Å². The zero-order chi connectivity index (χ0) is 21.9. The molecule has 0 aromatic rings. The van der Waals surface area contributed by atoms with Crippen LogP contribution in [0.2, 0.25) is 0 Å². The molecule has 184 valence electrons. The Morgan fingerprint density at radius 3 is 1.31 bits per heavy atom. The maximum absolute atomic E-state index is 3.18. The minimum atomic E-state index is 0.922. The Kier molecular flexibility index (Phi) is 8.53. The fourth-order valence-corrected chi connectivity index (χ4v) is 10.3. The first-order chi connectivity index (χ1) is 15.7. The molecule has 1 aliphatic heterocycles. The number of thioether (sulfide) groups is 1. The van der Waals surface area contributed by atoms with Crippen molar-refractivity contribution in [2.75, 3.05) is 5.75 Å². The summed E-state index contributed by atoms with van der Waals surface area (Å²) in [5.41, 5.74) is 0. The molecule has 0 spiro atoms. The predicted molar refractivity (Wildman–Crippen MR) is 141 cm³/mol. The van der Waals surface area contributed by atoms with E-state index < -0.39 is 0 Å². The third-order valence-electron chi connectivity index (χ3n) is 11.0. The smallest absolute Gasteiger partial charge is 0.0101 e. The van der Waals surface area contributed by atoms with Crippen molar-refractivity contribution in [3.63, 3.8) is 0 Å². The van der Waals surface area contributed by atoms with Gasteiger partial charge in [-0.2, -0.15) is 11.8 Å². The molecule has 0 bridgehead atoms. The summed E-state index contributed by atoms with van der Waals surface area (Å²) in [6, 6.07) is 2.77. The Labute approximate surface area is 204 Å². The third-order valence-corrected chi connectivity index (χ3v) is 12.5. The van der Waals surface area contributed by atoms with E-state index in [1.807, 2.05) is 0 Å². The van der Waals surface area contributed by atoms with Crippen molar-refractivity contribution < 1.29 is 0 Å². The van der Waals surface area contributed by atoms with Crippen molar-refractivity contribution in [1.29, 1.82) is 0 Å². The van der Waals surface area contributed by atoms with E-state index in [1.54, 1.807) is 38.5 Å². The molecule has 0 amide bonds. The summed E-state index contributed by atoms with van der Waals surface area (Å²) in [6.07, 6.45) is 27.4. The van der Waals surface area contributed by atoms with Crippen molar-refractivity contribution in [2.45, 2.75) is 153 Å². The zero-order valence-corrected chi connectivity index (χ0v) is 22.3. The molecule has 0 aromatic heterocycles. The van der Waals surface area contributed by atoms with Gasteiger partial charge in [-0.1, -0.05) is 13.8 Å². The normalized spacial score (nSPS) is 46.4. The Bertz CT molecular complexity index is 517. The highest BCUT2D eigenvalue weighted by Gasteiger charge is 2.39. The Hall–Kier alpha value is 0.310. The van der Waals surface area contributed by atoms with Crippen LogP contribution in [0.3, 0.4) is 0 Å². The molecule has 5 aliphatic rings. The van der Waals surface area contributed by atoms with Crippen molar-refractivity contribution in [3.8, 4) is 0 Å². The van der Waals surface area contributed by atoms with Crippen LogP contribution in [0.1, 0.15) is 129 Å². The summed E-state index contributed by atoms with van der Waals surface area (Å²) in [4.78, 5) is 3.18. The van der Waals surface area contributed by atoms with Gasteiger partial charge in [0.2, 0.25) is 0 Å². The molecule has 2 heteroatoms. The van der Waals surface area contributed by atoms with Gasteiger partial charge in [0, 0.05) is 23.4 Å². The SMILES string of the molecule is CC1CCC(N(C2CCC(C)CC2)C2CCC(C3CCC(C4CCCS4)CC3)CC2)CC1. The lowest BCUT2D eigenvalue weighted by Gasteiger charge is -2.50. The summed E-state index contributed by atoms with van der Waals surface area (Å²) in [5.74, 6) is 6.64. The maximum atomic E-state index is 3.18. The van der Waals surface area contributed by atoms with Gasteiger partial charge >= 0.3 is 0 Å². The first-order valence-corrected chi connectivity index (χ1v) is 16.1. The van der Waals surface area contributed by atoms with Crippen LogP contribution in [0.4, 0.5) is 0 Å². The van der Waals surface area contributed by atoms with Crippen LogP contribution in [0.15, 0.2) is 0 Å². The van der Waals surface area contributed by atoms with Gasteiger partial charge in [-0.25, -0.2) is 0 Å². The Balaban J connectivity index is 1.14. The molecule has 32 heavy (non-hydrogen) atoms. The average Bonchev–Trinajstić information content (AvgIpc) is 3.37. The number of hydrogen-bond acceptors (Lipinski definition) is 2. The fraction of sp³-hybridized carbons (Fsp3) is 1.00. The molecule has 1 atom stereocenters. The molecular weight excluding hydrogens is 406 g/mol. The van der Waals surface area contributed by atoms with Crippen molar-refractivity contribution >= 4 is 11.8 Å². The summed E-state index contributed by atoms with van der Waals surface area (Å²) >= 11 is 2.31. The Morgan fingerprint density at radius 1 is 0.469 bits per heavy atom. The van der Waals surface area contributed by atoms with Crippen molar-refractivity contribution in [3.05, 3.63) is 0 Å². The zero-order valence-electron chi connectivity index (χ0n) is 21.5. The second kappa shape index (κ2) is 11.4. The molecule has 5 fully saturated rings.